The fourth-order valence-corrected chi connectivity index (χ4v) is 3.75. The molecule has 0 aromatic heterocycles. The zero-order chi connectivity index (χ0) is 18.1. The summed E-state index contributed by atoms with van der Waals surface area (Å²) in [4.78, 5) is 14.9. The number of hydrogen-bond acceptors (Lipinski definition) is 4. The fraction of sp³-hybridized carbons (Fsp3) is 0.381. The summed E-state index contributed by atoms with van der Waals surface area (Å²) >= 11 is 0. The number of fused-ring (bicyclic) bond motifs is 2. The molecular formula is C21H23NO4. The van der Waals surface area contributed by atoms with Crippen molar-refractivity contribution in [3.8, 4) is 17.2 Å². The number of rotatable bonds is 4. The number of ether oxygens (including phenoxy) is 3. The molecule has 0 spiro atoms. The highest BCUT2D eigenvalue weighted by molar-refractivity contribution is 5.96. The van der Waals surface area contributed by atoms with Gasteiger partial charge in [-0.05, 0) is 61.1 Å². The Morgan fingerprint density at radius 3 is 2.88 bits per heavy atom. The lowest BCUT2D eigenvalue weighted by molar-refractivity contribution is -0.118. The lowest BCUT2D eigenvalue weighted by atomic mass is 9.95. The summed E-state index contributed by atoms with van der Waals surface area (Å²) in [5, 5.41) is 0. The molecule has 2 aliphatic rings. The van der Waals surface area contributed by atoms with E-state index in [-0.39, 0.29) is 12.7 Å². The number of methoxy groups -OCH3 is 1. The van der Waals surface area contributed by atoms with Gasteiger partial charge in [-0.2, -0.15) is 0 Å². The van der Waals surface area contributed by atoms with E-state index < -0.39 is 0 Å². The Hall–Kier alpha value is -2.69. The molecule has 2 aromatic rings. The summed E-state index contributed by atoms with van der Waals surface area (Å²) < 4.78 is 16.3. The Morgan fingerprint density at radius 1 is 1.19 bits per heavy atom. The molecular weight excluding hydrogens is 330 g/mol. The van der Waals surface area contributed by atoms with Crippen molar-refractivity contribution in [2.45, 2.75) is 32.6 Å². The van der Waals surface area contributed by atoms with Gasteiger partial charge in [0.15, 0.2) is 11.5 Å². The fourth-order valence-electron chi connectivity index (χ4n) is 3.75. The van der Waals surface area contributed by atoms with Gasteiger partial charge in [-0.25, -0.2) is 0 Å². The van der Waals surface area contributed by atoms with Crippen LogP contribution in [0.25, 0.3) is 0 Å². The molecule has 0 saturated heterocycles. The molecule has 0 unspecified atom stereocenters. The molecule has 0 radical (unpaired) electrons. The van der Waals surface area contributed by atoms with Crippen LogP contribution in [-0.4, -0.2) is 26.4 Å². The highest BCUT2D eigenvalue weighted by atomic mass is 16.7. The van der Waals surface area contributed by atoms with Crippen LogP contribution < -0.4 is 19.1 Å². The molecule has 2 aromatic carbocycles. The van der Waals surface area contributed by atoms with Crippen LogP contribution in [0.5, 0.6) is 17.2 Å². The van der Waals surface area contributed by atoms with Gasteiger partial charge in [0.1, 0.15) is 5.75 Å². The minimum Gasteiger partial charge on any atom is -0.495 e. The average Bonchev–Trinajstić information content (AvgIpc) is 3.14. The molecule has 5 heteroatoms. The molecule has 136 valence electrons. The van der Waals surface area contributed by atoms with Crippen molar-refractivity contribution in [1.29, 1.82) is 0 Å². The Bertz CT molecular complexity index is 846. The molecule has 0 aliphatic carbocycles. The Balaban J connectivity index is 1.52. The second kappa shape index (κ2) is 6.90. The summed E-state index contributed by atoms with van der Waals surface area (Å²) in [7, 11) is 1.66. The van der Waals surface area contributed by atoms with Gasteiger partial charge < -0.3 is 19.1 Å². The van der Waals surface area contributed by atoms with Gasteiger partial charge in [0.05, 0.1) is 12.8 Å². The molecule has 2 heterocycles. The van der Waals surface area contributed by atoms with Crippen LogP contribution in [0.4, 0.5) is 5.69 Å². The molecule has 26 heavy (non-hydrogen) atoms. The van der Waals surface area contributed by atoms with Crippen molar-refractivity contribution < 1.29 is 19.0 Å². The highest BCUT2D eigenvalue weighted by Gasteiger charge is 2.27. The molecule has 1 amide bonds. The van der Waals surface area contributed by atoms with Gasteiger partial charge in [0.2, 0.25) is 12.7 Å². The number of carbonyl (C=O) groups excluding carboxylic acids is 1. The van der Waals surface area contributed by atoms with Gasteiger partial charge in [0.25, 0.3) is 0 Å². The topological polar surface area (TPSA) is 48.0 Å². The van der Waals surface area contributed by atoms with Gasteiger partial charge >= 0.3 is 0 Å². The lowest BCUT2D eigenvalue weighted by Gasteiger charge is -2.32. The van der Waals surface area contributed by atoms with E-state index in [1.54, 1.807) is 7.11 Å². The maximum Gasteiger partial charge on any atom is 0.231 e. The second-order valence-corrected chi connectivity index (χ2v) is 6.75. The molecule has 0 atom stereocenters. The summed E-state index contributed by atoms with van der Waals surface area (Å²) in [6.07, 6.45) is 3.10. The number of anilines is 1. The van der Waals surface area contributed by atoms with E-state index in [9.17, 15) is 4.79 Å². The standard InChI is InChI=1S/C21H23NO4/c1-14-5-8-18(24-2)21-16(14)4-3-11-22(21)20(23)10-7-15-6-9-17-19(12-15)26-13-25-17/h5-6,8-9,12H,3-4,7,10-11,13H2,1-2H3. The first kappa shape index (κ1) is 16.8. The number of aryl methyl sites for hydroxylation is 2. The predicted molar refractivity (Wildman–Crippen MR) is 99.3 cm³/mol. The normalized spacial score (nSPS) is 14.9. The van der Waals surface area contributed by atoms with Crippen LogP contribution in [0.2, 0.25) is 0 Å². The first-order chi connectivity index (χ1) is 12.7. The van der Waals surface area contributed by atoms with Crippen molar-refractivity contribution in [2.75, 3.05) is 25.3 Å². The lowest BCUT2D eigenvalue weighted by Crippen LogP contribution is -2.36. The zero-order valence-corrected chi connectivity index (χ0v) is 15.2. The van der Waals surface area contributed by atoms with E-state index in [0.29, 0.717) is 12.8 Å². The largest absolute Gasteiger partial charge is 0.495 e. The van der Waals surface area contributed by atoms with E-state index in [0.717, 1.165) is 47.9 Å². The summed E-state index contributed by atoms with van der Waals surface area (Å²) in [6, 6.07) is 9.89. The summed E-state index contributed by atoms with van der Waals surface area (Å²) in [5.74, 6) is 2.44. The molecule has 0 saturated carbocycles. The highest BCUT2D eigenvalue weighted by Crippen LogP contribution is 2.39. The Kier molecular flexibility index (Phi) is 4.45. The molecule has 0 bridgehead atoms. The van der Waals surface area contributed by atoms with Gasteiger partial charge in [-0.1, -0.05) is 12.1 Å². The van der Waals surface area contributed by atoms with E-state index in [1.165, 1.54) is 11.1 Å². The van der Waals surface area contributed by atoms with Gasteiger partial charge in [-0.15, -0.1) is 0 Å². The number of amides is 1. The average molecular weight is 353 g/mol. The van der Waals surface area contributed by atoms with Crippen molar-refractivity contribution in [1.82, 2.24) is 0 Å². The first-order valence-electron chi connectivity index (χ1n) is 9.02. The first-order valence-corrected chi connectivity index (χ1v) is 9.02. The third-order valence-corrected chi connectivity index (χ3v) is 5.14. The quantitative estimate of drug-likeness (QED) is 0.842. The van der Waals surface area contributed by atoms with E-state index >= 15 is 0 Å². The van der Waals surface area contributed by atoms with Crippen LogP contribution in [0.15, 0.2) is 30.3 Å². The molecule has 2 aliphatic heterocycles. The van der Waals surface area contributed by atoms with Gasteiger partial charge in [0, 0.05) is 13.0 Å². The van der Waals surface area contributed by atoms with E-state index in [1.807, 2.05) is 29.2 Å². The van der Waals surface area contributed by atoms with Crippen molar-refractivity contribution in [3.63, 3.8) is 0 Å². The van der Waals surface area contributed by atoms with Crippen LogP contribution in [0.3, 0.4) is 0 Å². The summed E-state index contributed by atoms with van der Waals surface area (Å²) in [6.45, 7) is 3.10. The van der Waals surface area contributed by atoms with Crippen molar-refractivity contribution in [2.24, 2.45) is 0 Å². The van der Waals surface area contributed by atoms with Crippen LogP contribution >= 0.6 is 0 Å². The van der Waals surface area contributed by atoms with Crippen molar-refractivity contribution >= 4 is 11.6 Å². The minimum absolute atomic E-state index is 0.132. The molecule has 4 rings (SSSR count). The van der Waals surface area contributed by atoms with Crippen molar-refractivity contribution in [3.05, 3.63) is 47.0 Å². The molecule has 0 N–H and O–H groups in total. The van der Waals surface area contributed by atoms with E-state index in [4.69, 9.17) is 14.2 Å². The summed E-state index contributed by atoms with van der Waals surface area (Å²) in [5.41, 5.74) is 4.48. The maximum atomic E-state index is 13.0. The maximum absolute atomic E-state index is 13.0. The van der Waals surface area contributed by atoms with Gasteiger partial charge in [-0.3, -0.25) is 4.79 Å². The Labute approximate surface area is 153 Å². The molecule has 5 nitrogen and oxygen atoms in total. The number of benzene rings is 2. The predicted octanol–water partition coefficient (Wildman–Crippen LogP) is 3.64. The zero-order valence-electron chi connectivity index (χ0n) is 15.2. The third-order valence-electron chi connectivity index (χ3n) is 5.14. The van der Waals surface area contributed by atoms with E-state index in [2.05, 4.69) is 13.0 Å². The Morgan fingerprint density at radius 2 is 2.04 bits per heavy atom. The van der Waals surface area contributed by atoms with Crippen LogP contribution in [0.1, 0.15) is 29.5 Å². The van der Waals surface area contributed by atoms with Crippen LogP contribution in [0, 0.1) is 6.92 Å². The minimum atomic E-state index is 0.132. The number of carbonyl (C=O) groups is 1. The smallest absolute Gasteiger partial charge is 0.231 e. The third kappa shape index (κ3) is 2.98. The SMILES string of the molecule is COc1ccc(C)c2c1N(C(=O)CCc1ccc3c(c1)OCO3)CCC2. The molecule has 0 fully saturated rings. The number of hydrogen-bond donors (Lipinski definition) is 0. The number of nitrogens with zero attached hydrogens (tertiary/aromatic N) is 1. The monoisotopic (exact) mass is 353 g/mol. The van der Waals surface area contributed by atoms with Crippen LogP contribution in [-0.2, 0) is 17.6 Å². The second-order valence-electron chi connectivity index (χ2n) is 6.75.